The highest BCUT2D eigenvalue weighted by Gasteiger charge is 2.18. The lowest BCUT2D eigenvalue weighted by Crippen LogP contribution is -2.15. The van der Waals surface area contributed by atoms with Gasteiger partial charge in [-0.1, -0.05) is 0 Å². The molecule has 0 radical (unpaired) electrons. The maximum Gasteiger partial charge on any atom is 0.147 e. The fraction of sp³-hybridized carbons (Fsp3) is 0.400. The molecule has 2 rings (SSSR count). The van der Waals surface area contributed by atoms with Crippen molar-refractivity contribution >= 4 is 5.69 Å². The molecule has 0 saturated heterocycles. The minimum atomic E-state index is -0.339. The van der Waals surface area contributed by atoms with Crippen LogP contribution < -0.4 is 5.32 Å². The predicted octanol–water partition coefficient (Wildman–Crippen LogP) is 2.63. The third-order valence-corrected chi connectivity index (χ3v) is 2.40. The number of hydrogen-bond donors (Lipinski definition) is 1. The summed E-state index contributed by atoms with van der Waals surface area (Å²) in [6, 6.07) is 1.24. The van der Waals surface area contributed by atoms with Crippen LogP contribution in [0.1, 0.15) is 17.5 Å². The zero-order valence-electron chi connectivity index (χ0n) is 7.45. The van der Waals surface area contributed by atoms with Crippen molar-refractivity contribution in [2.45, 2.75) is 19.8 Å². The van der Waals surface area contributed by atoms with Gasteiger partial charge in [-0.2, -0.15) is 0 Å². The Balaban J connectivity index is 2.63. The molecule has 3 heteroatoms. The smallest absolute Gasteiger partial charge is 0.147 e. The summed E-state index contributed by atoms with van der Waals surface area (Å²) in [5.74, 6) is -0.600. The van der Waals surface area contributed by atoms with Crippen molar-refractivity contribution in [3.05, 3.63) is 28.8 Å². The van der Waals surface area contributed by atoms with E-state index in [9.17, 15) is 8.78 Å². The number of anilines is 1. The first-order chi connectivity index (χ1) is 6.20. The van der Waals surface area contributed by atoms with Gasteiger partial charge in [0.05, 0.1) is 5.69 Å². The van der Waals surface area contributed by atoms with E-state index in [1.165, 1.54) is 6.07 Å². The van der Waals surface area contributed by atoms with Crippen LogP contribution in [0.3, 0.4) is 0 Å². The monoisotopic (exact) mass is 183 g/mol. The SMILES string of the molecule is Cc1cc(F)c2c(c1F)CCCN2. The van der Waals surface area contributed by atoms with Crippen LogP contribution >= 0.6 is 0 Å². The fourth-order valence-corrected chi connectivity index (χ4v) is 1.72. The molecule has 0 atom stereocenters. The number of fused-ring (bicyclic) bond motifs is 1. The molecular formula is C10H11F2N. The summed E-state index contributed by atoms with van der Waals surface area (Å²) in [7, 11) is 0. The molecule has 0 aliphatic carbocycles. The van der Waals surface area contributed by atoms with Crippen molar-refractivity contribution in [3.63, 3.8) is 0 Å². The standard InChI is InChI=1S/C10H11F2N/c1-6-5-8(11)10-7(9(6)12)3-2-4-13-10/h5,13H,2-4H2,1H3. The Morgan fingerprint density at radius 1 is 1.38 bits per heavy atom. The minimum absolute atomic E-state index is 0.261. The Labute approximate surface area is 75.8 Å². The largest absolute Gasteiger partial charge is 0.382 e. The molecule has 1 nitrogen and oxygen atoms in total. The summed E-state index contributed by atoms with van der Waals surface area (Å²) >= 11 is 0. The average Bonchev–Trinajstić information content (AvgIpc) is 2.15. The summed E-state index contributed by atoms with van der Waals surface area (Å²) in [6.07, 6.45) is 1.50. The highest BCUT2D eigenvalue weighted by molar-refractivity contribution is 5.56. The first kappa shape index (κ1) is 8.48. The Hall–Kier alpha value is -1.12. The van der Waals surface area contributed by atoms with Crippen LogP contribution in [0, 0.1) is 18.6 Å². The lowest BCUT2D eigenvalue weighted by Gasteiger charge is -2.19. The molecule has 13 heavy (non-hydrogen) atoms. The first-order valence-electron chi connectivity index (χ1n) is 4.41. The van der Waals surface area contributed by atoms with E-state index in [0.29, 0.717) is 23.2 Å². The number of hydrogen-bond acceptors (Lipinski definition) is 1. The Morgan fingerprint density at radius 2 is 2.15 bits per heavy atom. The number of aryl methyl sites for hydroxylation is 1. The maximum absolute atomic E-state index is 13.5. The zero-order chi connectivity index (χ0) is 9.42. The fourth-order valence-electron chi connectivity index (χ4n) is 1.72. The van der Waals surface area contributed by atoms with Gasteiger partial charge in [-0.15, -0.1) is 0 Å². The van der Waals surface area contributed by atoms with Crippen LogP contribution in [-0.2, 0) is 6.42 Å². The van der Waals surface area contributed by atoms with Crippen molar-refractivity contribution in [1.29, 1.82) is 0 Å². The van der Waals surface area contributed by atoms with E-state index in [4.69, 9.17) is 0 Å². The molecule has 1 aromatic rings. The molecule has 1 aromatic carbocycles. The van der Waals surface area contributed by atoms with Crippen LogP contribution in [0.15, 0.2) is 6.07 Å². The van der Waals surface area contributed by atoms with Crippen LogP contribution in [0.5, 0.6) is 0 Å². The van der Waals surface area contributed by atoms with Gasteiger partial charge in [-0.05, 0) is 31.4 Å². The summed E-state index contributed by atoms with van der Waals surface area (Å²) in [4.78, 5) is 0. The van der Waals surface area contributed by atoms with Crippen LogP contribution in [0.4, 0.5) is 14.5 Å². The van der Waals surface area contributed by atoms with Crippen LogP contribution in [-0.4, -0.2) is 6.54 Å². The molecule has 1 N–H and O–H groups in total. The van der Waals surface area contributed by atoms with Crippen molar-refractivity contribution in [1.82, 2.24) is 0 Å². The van der Waals surface area contributed by atoms with E-state index >= 15 is 0 Å². The molecule has 1 aliphatic heterocycles. The Kier molecular flexibility index (Phi) is 1.94. The lowest BCUT2D eigenvalue weighted by atomic mass is 10.00. The predicted molar refractivity (Wildman–Crippen MR) is 47.9 cm³/mol. The molecule has 0 amide bonds. The van der Waals surface area contributed by atoms with Gasteiger partial charge in [0, 0.05) is 12.1 Å². The highest BCUT2D eigenvalue weighted by atomic mass is 19.1. The third-order valence-electron chi connectivity index (χ3n) is 2.40. The van der Waals surface area contributed by atoms with Crippen molar-refractivity contribution in [2.75, 3.05) is 11.9 Å². The quantitative estimate of drug-likeness (QED) is 0.652. The van der Waals surface area contributed by atoms with Gasteiger partial charge in [0.2, 0.25) is 0 Å². The molecule has 0 fully saturated rings. The summed E-state index contributed by atoms with van der Waals surface area (Å²) in [6.45, 7) is 2.32. The van der Waals surface area contributed by atoms with E-state index < -0.39 is 0 Å². The van der Waals surface area contributed by atoms with Crippen molar-refractivity contribution in [2.24, 2.45) is 0 Å². The van der Waals surface area contributed by atoms with Crippen molar-refractivity contribution in [3.8, 4) is 0 Å². The molecule has 1 aliphatic rings. The minimum Gasteiger partial charge on any atom is -0.382 e. The first-order valence-corrected chi connectivity index (χ1v) is 4.41. The average molecular weight is 183 g/mol. The number of halogens is 2. The molecular weight excluding hydrogens is 172 g/mol. The summed E-state index contributed by atoms with van der Waals surface area (Å²) in [5.41, 5.74) is 1.25. The lowest BCUT2D eigenvalue weighted by molar-refractivity contribution is 0.570. The maximum atomic E-state index is 13.5. The highest BCUT2D eigenvalue weighted by Crippen LogP contribution is 2.29. The molecule has 0 bridgehead atoms. The van der Waals surface area contributed by atoms with Gasteiger partial charge in [-0.25, -0.2) is 8.78 Å². The number of benzene rings is 1. The van der Waals surface area contributed by atoms with E-state index in [0.717, 1.165) is 13.0 Å². The van der Waals surface area contributed by atoms with Gasteiger partial charge < -0.3 is 5.32 Å². The summed E-state index contributed by atoms with van der Waals surface area (Å²) < 4.78 is 26.7. The van der Waals surface area contributed by atoms with Gasteiger partial charge >= 0.3 is 0 Å². The van der Waals surface area contributed by atoms with E-state index in [1.54, 1.807) is 6.92 Å². The Morgan fingerprint density at radius 3 is 2.92 bits per heavy atom. The van der Waals surface area contributed by atoms with E-state index in [2.05, 4.69) is 5.32 Å². The zero-order valence-corrected chi connectivity index (χ0v) is 7.45. The second-order valence-corrected chi connectivity index (χ2v) is 3.37. The normalized spacial score (nSPS) is 15.0. The molecule has 70 valence electrons. The molecule has 0 saturated carbocycles. The molecule has 0 aromatic heterocycles. The molecule has 1 heterocycles. The summed E-state index contributed by atoms with van der Waals surface area (Å²) in [5, 5.41) is 2.88. The van der Waals surface area contributed by atoms with Gasteiger partial charge in [0.1, 0.15) is 11.6 Å². The second-order valence-electron chi connectivity index (χ2n) is 3.37. The van der Waals surface area contributed by atoms with Gasteiger partial charge in [0.25, 0.3) is 0 Å². The van der Waals surface area contributed by atoms with E-state index in [-0.39, 0.29) is 11.6 Å². The topological polar surface area (TPSA) is 12.0 Å². The van der Waals surface area contributed by atoms with Crippen LogP contribution in [0.2, 0.25) is 0 Å². The van der Waals surface area contributed by atoms with Crippen molar-refractivity contribution < 1.29 is 8.78 Å². The van der Waals surface area contributed by atoms with Gasteiger partial charge in [0.15, 0.2) is 0 Å². The number of rotatable bonds is 0. The molecule has 0 unspecified atom stereocenters. The third kappa shape index (κ3) is 1.28. The second kappa shape index (κ2) is 2.98. The molecule has 0 spiro atoms. The van der Waals surface area contributed by atoms with Gasteiger partial charge in [-0.3, -0.25) is 0 Å². The number of nitrogens with one attached hydrogen (secondary N) is 1. The van der Waals surface area contributed by atoms with E-state index in [1.807, 2.05) is 0 Å². The van der Waals surface area contributed by atoms with Crippen LogP contribution in [0.25, 0.3) is 0 Å². The Bertz CT molecular complexity index is 347.